The summed E-state index contributed by atoms with van der Waals surface area (Å²) in [4.78, 5) is 14.4. The van der Waals surface area contributed by atoms with Crippen molar-refractivity contribution in [3.8, 4) is 0 Å². The fourth-order valence-corrected chi connectivity index (χ4v) is 5.69. The van der Waals surface area contributed by atoms with Crippen LogP contribution in [0, 0.1) is 0 Å². The van der Waals surface area contributed by atoms with E-state index in [1.165, 1.54) is 0 Å². The summed E-state index contributed by atoms with van der Waals surface area (Å²) in [5, 5.41) is -0.606. The van der Waals surface area contributed by atoms with Crippen LogP contribution in [0.2, 0.25) is 0 Å². The van der Waals surface area contributed by atoms with Crippen LogP contribution in [0.3, 0.4) is 0 Å². The zero-order valence-corrected chi connectivity index (χ0v) is 17.7. The Morgan fingerprint density at radius 3 is 1.83 bits per heavy atom. The van der Waals surface area contributed by atoms with E-state index in [0.717, 1.165) is 10.5 Å². The summed E-state index contributed by atoms with van der Waals surface area (Å²) in [6.45, 7) is 0. The van der Waals surface area contributed by atoms with Crippen molar-refractivity contribution in [3.63, 3.8) is 0 Å². The number of Topliss-reactive ketones (excluding diaryl/α,β-unsaturated/α-hetero) is 1. The van der Waals surface area contributed by atoms with E-state index in [-0.39, 0.29) is 12.2 Å². The Kier molecular flexibility index (Phi) is 8.08. The first-order chi connectivity index (χ1) is 14.1. The van der Waals surface area contributed by atoms with Crippen molar-refractivity contribution in [2.24, 2.45) is 0 Å². The van der Waals surface area contributed by atoms with Gasteiger partial charge >= 0.3 is 0 Å². The Balaban J connectivity index is 1.69. The second-order valence-electron chi connectivity index (χ2n) is 6.73. The molecule has 0 saturated heterocycles. The standard InChI is InChI=1S/C24H24O3S2/c25-23(19-20-11-4-1-5-12-20)24(29(27)22-15-8-3-9-16-22)17-10-18-28(26)21-13-6-2-7-14-21/h1-9,11-16,24H,10,17-19H2. The first-order valence-corrected chi connectivity index (χ1v) is 12.1. The number of carbonyl (C=O) groups excluding carboxylic acids is 1. The van der Waals surface area contributed by atoms with Crippen molar-refractivity contribution < 1.29 is 13.2 Å². The van der Waals surface area contributed by atoms with Crippen LogP contribution >= 0.6 is 0 Å². The van der Waals surface area contributed by atoms with Crippen molar-refractivity contribution in [2.45, 2.75) is 34.3 Å². The lowest BCUT2D eigenvalue weighted by molar-refractivity contribution is -0.118. The third-order valence-electron chi connectivity index (χ3n) is 4.62. The summed E-state index contributed by atoms with van der Waals surface area (Å²) >= 11 is 0. The molecule has 0 fully saturated rings. The van der Waals surface area contributed by atoms with Gasteiger partial charge in [-0.05, 0) is 42.7 Å². The molecule has 0 aliphatic heterocycles. The normalized spacial score (nSPS) is 14.1. The Bertz CT molecular complexity index is 957. The second-order valence-corrected chi connectivity index (χ2v) is 9.94. The van der Waals surface area contributed by atoms with Gasteiger partial charge in [0.15, 0.2) is 5.78 Å². The molecular formula is C24H24O3S2. The SMILES string of the molecule is O=C(Cc1ccccc1)C(CCCS(=O)c1ccccc1)S(=O)c1ccccc1. The fourth-order valence-electron chi connectivity index (χ4n) is 3.11. The largest absolute Gasteiger partial charge is 0.298 e. The Morgan fingerprint density at radius 1 is 0.724 bits per heavy atom. The van der Waals surface area contributed by atoms with Gasteiger partial charge in [0.05, 0.1) is 26.8 Å². The quantitative estimate of drug-likeness (QED) is 0.479. The molecule has 3 rings (SSSR count). The predicted octanol–water partition coefficient (Wildman–Crippen LogP) is 4.56. The molecule has 0 aromatic heterocycles. The van der Waals surface area contributed by atoms with Gasteiger partial charge < -0.3 is 0 Å². The van der Waals surface area contributed by atoms with Crippen molar-refractivity contribution in [3.05, 3.63) is 96.6 Å². The number of benzene rings is 3. The zero-order chi connectivity index (χ0) is 20.5. The van der Waals surface area contributed by atoms with E-state index in [2.05, 4.69) is 0 Å². The molecule has 3 nitrogen and oxygen atoms in total. The molecule has 0 spiro atoms. The maximum absolute atomic E-state index is 13.1. The van der Waals surface area contributed by atoms with Gasteiger partial charge in [-0.15, -0.1) is 0 Å². The first-order valence-electron chi connectivity index (χ1n) is 9.61. The van der Waals surface area contributed by atoms with Gasteiger partial charge in [0, 0.05) is 22.0 Å². The summed E-state index contributed by atoms with van der Waals surface area (Å²) < 4.78 is 25.6. The fraction of sp³-hybridized carbons (Fsp3) is 0.208. The van der Waals surface area contributed by atoms with E-state index in [0.29, 0.717) is 23.5 Å². The van der Waals surface area contributed by atoms with E-state index in [1.807, 2.05) is 78.9 Å². The maximum atomic E-state index is 13.1. The monoisotopic (exact) mass is 424 g/mol. The first kappa shape index (κ1) is 21.3. The third-order valence-corrected chi connectivity index (χ3v) is 7.83. The molecule has 3 aromatic carbocycles. The van der Waals surface area contributed by atoms with Crippen LogP contribution in [0.1, 0.15) is 18.4 Å². The average molecular weight is 425 g/mol. The molecule has 5 heteroatoms. The highest BCUT2D eigenvalue weighted by Crippen LogP contribution is 2.19. The molecule has 3 unspecified atom stereocenters. The molecular weight excluding hydrogens is 400 g/mol. The van der Waals surface area contributed by atoms with Gasteiger partial charge in [-0.25, -0.2) is 0 Å². The third kappa shape index (κ3) is 6.31. The molecule has 0 bridgehead atoms. The van der Waals surface area contributed by atoms with E-state index >= 15 is 0 Å². The molecule has 0 N–H and O–H groups in total. The van der Waals surface area contributed by atoms with E-state index in [4.69, 9.17) is 0 Å². The van der Waals surface area contributed by atoms with E-state index in [9.17, 15) is 13.2 Å². The van der Waals surface area contributed by atoms with Crippen LogP contribution in [-0.2, 0) is 32.8 Å². The molecule has 0 saturated carbocycles. The lowest BCUT2D eigenvalue weighted by Gasteiger charge is -2.16. The molecule has 0 radical (unpaired) electrons. The molecule has 29 heavy (non-hydrogen) atoms. The van der Waals surface area contributed by atoms with Crippen molar-refractivity contribution in [1.29, 1.82) is 0 Å². The minimum atomic E-state index is -1.43. The highest BCUT2D eigenvalue weighted by Gasteiger charge is 2.26. The summed E-state index contributed by atoms with van der Waals surface area (Å²) in [7, 11) is -2.55. The minimum Gasteiger partial charge on any atom is -0.298 e. The lowest BCUT2D eigenvalue weighted by atomic mass is 10.0. The summed E-state index contributed by atoms with van der Waals surface area (Å²) in [6.07, 6.45) is 1.28. The minimum absolute atomic E-state index is 0.0381. The summed E-state index contributed by atoms with van der Waals surface area (Å²) in [5.74, 6) is 0.411. The second kappa shape index (κ2) is 11.0. The van der Waals surface area contributed by atoms with Gasteiger partial charge in [0.2, 0.25) is 0 Å². The van der Waals surface area contributed by atoms with Gasteiger partial charge in [-0.3, -0.25) is 13.2 Å². The zero-order valence-electron chi connectivity index (χ0n) is 16.1. The highest BCUT2D eigenvalue weighted by atomic mass is 32.2. The Morgan fingerprint density at radius 2 is 1.24 bits per heavy atom. The highest BCUT2D eigenvalue weighted by molar-refractivity contribution is 7.86. The van der Waals surface area contributed by atoms with Gasteiger partial charge in [0.25, 0.3) is 0 Å². The van der Waals surface area contributed by atoms with Crippen LogP contribution in [0.15, 0.2) is 101 Å². The van der Waals surface area contributed by atoms with Crippen LogP contribution in [0.5, 0.6) is 0 Å². The van der Waals surface area contributed by atoms with Crippen molar-refractivity contribution in [2.75, 3.05) is 5.75 Å². The molecule has 3 atom stereocenters. The Labute approximate surface area is 177 Å². The Hall–Kier alpha value is -2.37. The predicted molar refractivity (Wildman–Crippen MR) is 119 cm³/mol. The summed E-state index contributed by atoms with van der Waals surface area (Å²) in [5.41, 5.74) is 0.917. The van der Waals surface area contributed by atoms with Gasteiger partial charge in [0.1, 0.15) is 0 Å². The molecule has 0 heterocycles. The molecule has 0 aliphatic rings. The number of rotatable bonds is 10. The number of ketones is 1. The smallest absolute Gasteiger partial charge is 0.153 e. The van der Waals surface area contributed by atoms with Crippen LogP contribution < -0.4 is 0 Å². The van der Waals surface area contributed by atoms with Crippen LogP contribution in [0.25, 0.3) is 0 Å². The summed E-state index contributed by atoms with van der Waals surface area (Å²) in [6, 6.07) is 27.9. The van der Waals surface area contributed by atoms with Gasteiger partial charge in [-0.1, -0.05) is 66.7 Å². The van der Waals surface area contributed by atoms with Crippen molar-refractivity contribution >= 4 is 27.4 Å². The van der Waals surface area contributed by atoms with Gasteiger partial charge in [-0.2, -0.15) is 0 Å². The van der Waals surface area contributed by atoms with E-state index < -0.39 is 26.8 Å². The van der Waals surface area contributed by atoms with E-state index in [1.54, 1.807) is 12.1 Å². The molecule has 3 aromatic rings. The number of hydrogen-bond donors (Lipinski definition) is 0. The average Bonchev–Trinajstić information content (AvgIpc) is 2.78. The molecule has 150 valence electrons. The van der Waals surface area contributed by atoms with Crippen molar-refractivity contribution in [1.82, 2.24) is 0 Å². The number of carbonyl (C=O) groups is 1. The van der Waals surface area contributed by atoms with Crippen LogP contribution in [-0.4, -0.2) is 25.2 Å². The topological polar surface area (TPSA) is 51.2 Å². The molecule has 0 amide bonds. The lowest BCUT2D eigenvalue weighted by Crippen LogP contribution is -2.28. The maximum Gasteiger partial charge on any atom is 0.153 e. The molecule has 0 aliphatic carbocycles. The number of hydrogen-bond acceptors (Lipinski definition) is 3. The van der Waals surface area contributed by atoms with Crippen LogP contribution in [0.4, 0.5) is 0 Å².